The molecule has 0 fully saturated rings. The number of rotatable bonds is 7. The van der Waals surface area contributed by atoms with Crippen molar-refractivity contribution in [3.05, 3.63) is 96.1 Å². The summed E-state index contributed by atoms with van der Waals surface area (Å²) < 4.78 is 0. The molecule has 0 atom stereocenters. The molecule has 3 aromatic rings. The molecule has 150 valence electrons. The van der Waals surface area contributed by atoms with Crippen molar-refractivity contribution in [2.45, 2.75) is 38.8 Å². The highest BCUT2D eigenvalue weighted by Crippen LogP contribution is 2.59. The van der Waals surface area contributed by atoms with Gasteiger partial charge >= 0.3 is 5.97 Å². The van der Waals surface area contributed by atoms with Gasteiger partial charge in [-0.05, 0) is 40.8 Å². The number of aliphatic carboxylic acids is 1. The van der Waals surface area contributed by atoms with Gasteiger partial charge < -0.3 is 5.11 Å². The van der Waals surface area contributed by atoms with Gasteiger partial charge in [-0.3, -0.25) is 4.79 Å². The lowest BCUT2D eigenvalue weighted by Crippen LogP contribution is -2.27. The fourth-order valence-corrected chi connectivity index (χ4v) is 8.03. The van der Waals surface area contributed by atoms with Crippen LogP contribution in [-0.2, 0) is 16.4 Å². The molecule has 0 aliphatic rings. The van der Waals surface area contributed by atoms with E-state index in [4.69, 9.17) is 0 Å². The third-order valence-corrected chi connectivity index (χ3v) is 9.95. The molecule has 29 heavy (non-hydrogen) atoms. The Balaban J connectivity index is 2.09. The molecule has 0 spiro atoms. The van der Waals surface area contributed by atoms with Gasteiger partial charge in [0.05, 0.1) is 36.6 Å². The number of benzene rings is 3. The van der Waals surface area contributed by atoms with Crippen LogP contribution in [0.25, 0.3) is 0 Å². The second kappa shape index (κ2) is 8.93. The predicted molar refractivity (Wildman–Crippen MR) is 125 cm³/mol. The van der Waals surface area contributed by atoms with Crippen LogP contribution in [0.4, 0.5) is 0 Å². The first-order valence-corrected chi connectivity index (χ1v) is 12.3. The first kappa shape index (κ1) is 21.3. The van der Waals surface area contributed by atoms with E-state index in [1.165, 1.54) is 21.7 Å². The van der Waals surface area contributed by atoms with E-state index in [9.17, 15) is 9.90 Å². The van der Waals surface area contributed by atoms with Crippen LogP contribution in [0.2, 0.25) is 0 Å². The number of hydrogen-bond acceptors (Lipinski definition) is 1. The van der Waals surface area contributed by atoms with E-state index in [1.807, 2.05) is 12.1 Å². The van der Waals surface area contributed by atoms with Crippen molar-refractivity contribution >= 4 is 23.8 Å². The molecule has 3 aromatic carbocycles. The maximum Gasteiger partial charge on any atom is 0.307 e. The number of carbonyl (C=O) groups is 1. The normalized spacial score (nSPS) is 12.0. The van der Waals surface area contributed by atoms with Crippen LogP contribution >= 0.6 is 7.26 Å². The van der Waals surface area contributed by atoms with Crippen LogP contribution in [-0.4, -0.2) is 17.2 Å². The minimum absolute atomic E-state index is 0.118. The first-order chi connectivity index (χ1) is 13.8. The molecular formula is C26H30O2P+. The van der Waals surface area contributed by atoms with Crippen LogP contribution < -0.4 is 10.6 Å². The van der Waals surface area contributed by atoms with Crippen molar-refractivity contribution in [1.29, 1.82) is 0 Å². The average molecular weight is 405 g/mol. The molecule has 0 aromatic heterocycles. The molecule has 3 heteroatoms. The molecule has 0 bridgehead atoms. The Morgan fingerprint density at radius 3 is 1.69 bits per heavy atom. The summed E-state index contributed by atoms with van der Waals surface area (Å²) in [5.74, 6) is -0.732. The maximum atomic E-state index is 11.5. The molecule has 3 rings (SSSR count). The third-order valence-electron chi connectivity index (χ3n) is 5.48. The van der Waals surface area contributed by atoms with E-state index in [0.29, 0.717) is 6.16 Å². The molecule has 0 aliphatic heterocycles. The standard InChI is InChI=1S/C26H29O2P/c1-26(2,3)22-16-14-21(15-17-22)20-29(19-18-25(27)28,23-10-6-4-7-11-23)24-12-8-5-9-13-24/h4-17H,18-20H2,1-3H3/p+1. The Labute approximate surface area is 175 Å². The molecule has 0 unspecified atom stereocenters. The number of carboxylic acids is 1. The molecule has 0 amide bonds. The summed E-state index contributed by atoms with van der Waals surface area (Å²) in [5, 5.41) is 12.0. The van der Waals surface area contributed by atoms with Gasteiger partial charge in [-0.1, -0.05) is 81.4 Å². The van der Waals surface area contributed by atoms with Crippen molar-refractivity contribution in [2.75, 3.05) is 6.16 Å². The highest BCUT2D eigenvalue weighted by molar-refractivity contribution is 7.88. The summed E-state index contributed by atoms with van der Waals surface area (Å²) in [5.41, 5.74) is 2.70. The van der Waals surface area contributed by atoms with Gasteiger partial charge in [0.15, 0.2) is 0 Å². The van der Waals surface area contributed by atoms with Crippen molar-refractivity contribution in [3.63, 3.8) is 0 Å². The molecule has 0 radical (unpaired) electrons. The minimum atomic E-state index is -1.91. The molecule has 2 nitrogen and oxygen atoms in total. The Morgan fingerprint density at radius 1 is 0.793 bits per heavy atom. The van der Waals surface area contributed by atoms with Crippen LogP contribution in [0.15, 0.2) is 84.9 Å². The lowest BCUT2D eigenvalue weighted by molar-refractivity contribution is -0.136. The Morgan fingerprint density at radius 2 is 1.28 bits per heavy atom. The van der Waals surface area contributed by atoms with E-state index in [-0.39, 0.29) is 11.8 Å². The van der Waals surface area contributed by atoms with Gasteiger partial charge in [0.2, 0.25) is 0 Å². The lowest BCUT2D eigenvalue weighted by atomic mass is 9.87. The zero-order valence-electron chi connectivity index (χ0n) is 17.5. The van der Waals surface area contributed by atoms with E-state index in [0.717, 1.165) is 6.16 Å². The monoisotopic (exact) mass is 405 g/mol. The average Bonchev–Trinajstić information content (AvgIpc) is 2.72. The molecule has 0 saturated carbocycles. The number of carboxylic acid groups (broad SMARTS) is 1. The second-order valence-electron chi connectivity index (χ2n) is 8.61. The molecule has 0 aliphatic carbocycles. The quantitative estimate of drug-likeness (QED) is 0.518. The van der Waals surface area contributed by atoms with E-state index in [2.05, 4.69) is 93.6 Å². The van der Waals surface area contributed by atoms with Crippen molar-refractivity contribution in [1.82, 2.24) is 0 Å². The highest BCUT2D eigenvalue weighted by Gasteiger charge is 2.43. The van der Waals surface area contributed by atoms with Crippen molar-refractivity contribution in [3.8, 4) is 0 Å². The smallest absolute Gasteiger partial charge is 0.307 e. The molecule has 1 N–H and O–H groups in total. The Hall–Kier alpha value is -2.44. The maximum absolute atomic E-state index is 11.5. The van der Waals surface area contributed by atoms with Crippen LogP contribution in [0, 0.1) is 0 Å². The highest BCUT2D eigenvalue weighted by atomic mass is 31.2. The zero-order chi connectivity index (χ0) is 20.9. The topological polar surface area (TPSA) is 37.3 Å². The van der Waals surface area contributed by atoms with E-state index in [1.54, 1.807) is 0 Å². The second-order valence-corrected chi connectivity index (χ2v) is 12.3. The summed E-state index contributed by atoms with van der Waals surface area (Å²) in [4.78, 5) is 11.5. The SMILES string of the molecule is CC(C)(C)c1ccc(C[P+](CCC(=O)O)(c2ccccc2)c2ccccc2)cc1. The minimum Gasteiger partial charge on any atom is -0.481 e. The zero-order valence-corrected chi connectivity index (χ0v) is 18.4. The fourth-order valence-electron chi connectivity index (χ4n) is 3.80. The van der Waals surface area contributed by atoms with Gasteiger partial charge in [0.25, 0.3) is 0 Å². The Kier molecular flexibility index (Phi) is 6.55. The summed E-state index contributed by atoms with van der Waals surface area (Å²) in [7, 11) is -1.91. The fraction of sp³-hybridized carbons (Fsp3) is 0.269. The van der Waals surface area contributed by atoms with Crippen molar-refractivity contribution in [2.24, 2.45) is 0 Å². The summed E-state index contributed by atoms with van der Waals surface area (Å²) in [6.45, 7) is 6.67. The number of hydrogen-bond donors (Lipinski definition) is 1. The van der Waals surface area contributed by atoms with E-state index < -0.39 is 13.2 Å². The van der Waals surface area contributed by atoms with Crippen LogP contribution in [0.3, 0.4) is 0 Å². The van der Waals surface area contributed by atoms with Gasteiger partial charge in [-0.15, -0.1) is 0 Å². The first-order valence-electron chi connectivity index (χ1n) is 10.1. The van der Waals surface area contributed by atoms with Gasteiger partial charge in [0.1, 0.15) is 0 Å². The van der Waals surface area contributed by atoms with E-state index >= 15 is 0 Å². The Bertz CT molecular complexity index is 886. The lowest BCUT2D eigenvalue weighted by Gasteiger charge is -2.28. The molecule has 0 saturated heterocycles. The van der Waals surface area contributed by atoms with Gasteiger partial charge in [-0.25, -0.2) is 0 Å². The van der Waals surface area contributed by atoms with Gasteiger partial charge in [-0.2, -0.15) is 0 Å². The summed E-state index contributed by atoms with van der Waals surface area (Å²) in [6.07, 6.45) is 1.72. The molecular weight excluding hydrogens is 375 g/mol. The van der Waals surface area contributed by atoms with Crippen LogP contribution in [0.5, 0.6) is 0 Å². The largest absolute Gasteiger partial charge is 0.481 e. The third kappa shape index (κ3) is 5.14. The van der Waals surface area contributed by atoms with Gasteiger partial charge in [0, 0.05) is 0 Å². The predicted octanol–water partition coefficient (Wildman–Crippen LogP) is 5.63. The molecule has 0 heterocycles. The summed E-state index contributed by atoms with van der Waals surface area (Å²) in [6, 6.07) is 29.9. The van der Waals surface area contributed by atoms with Crippen LogP contribution in [0.1, 0.15) is 38.3 Å². The van der Waals surface area contributed by atoms with Crippen molar-refractivity contribution < 1.29 is 9.90 Å². The summed E-state index contributed by atoms with van der Waals surface area (Å²) >= 11 is 0.